The highest BCUT2D eigenvalue weighted by Crippen LogP contribution is 2.16. The summed E-state index contributed by atoms with van der Waals surface area (Å²) < 4.78 is 2.22. The minimum atomic E-state index is 0.269. The van der Waals surface area contributed by atoms with Crippen LogP contribution in [0.4, 0.5) is 5.69 Å². The van der Waals surface area contributed by atoms with Crippen LogP contribution in [-0.2, 0) is 11.3 Å². The smallest absolute Gasteiger partial charge is 0.224 e. The molecule has 4 heteroatoms. The van der Waals surface area contributed by atoms with Gasteiger partial charge in [0, 0.05) is 56.2 Å². The van der Waals surface area contributed by atoms with Crippen LogP contribution in [-0.4, -0.2) is 41.6 Å². The third-order valence-electron chi connectivity index (χ3n) is 4.72. The van der Waals surface area contributed by atoms with Crippen LogP contribution in [0, 0.1) is 13.8 Å². The number of para-hydroxylation sites is 1. The summed E-state index contributed by atoms with van der Waals surface area (Å²) in [6.45, 7) is 8.43. The van der Waals surface area contributed by atoms with Gasteiger partial charge in [-0.2, -0.15) is 0 Å². The third kappa shape index (κ3) is 3.58. The fourth-order valence-corrected chi connectivity index (χ4v) is 3.27. The molecule has 0 bridgehead atoms. The Kier molecular flexibility index (Phi) is 4.70. The molecule has 1 saturated heterocycles. The van der Waals surface area contributed by atoms with E-state index in [9.17, 15) is 4.79 Å². The number of piperazine rings is 1. The first kappa shape index (κ1) is 15.7. The number of hydrogen-bond donors (Lipinski definition) is 0. The van der Waals surface area contributed by atoms with Gasteiger partial charge < -0.3 is 14.4 Å². The second kappa shape index (κ2) is 6.90. The Hall–Kier alpha value is -2.23. The van der Waals surface area contributed by atoms with Gasteiger partial charge >= 0.3 is 0 Å². The molecule has 0 N–H and O–H groups in total. The lowest BCUT2D eigenvalue weighted by molar-refractivity contribution is -0.131. The molecule has 3 rings (SSSR count). The maximum absolute atomic E-state index is 12.5. The Morgan fingerprint density at radius 2 is 1.52 bits per heavy atom. The van der Waals surface area contributed by atoms with Crippen molar-refractivity contribution in [2.24, 2.45) is 0 Å². The van der Waals surface area contributed by atoms with Gasteiger partial charge in [-0.1, -0.05) is 18.2 Å². The van der Waals surface area contributed by atoms with E-state index in [0.29, 0.717) is 6.42 Å². The number of amides is 1. The molecule has 0 radical (unpaired) electrons. The van der Waals surface area contributed by atoms with Crippen LogP contribution < -0.4 is 4.90 Å². The lowest BCUT2D eigenvalue weighted by Crippen LogP contribution is -2.49. The number of hydrogen-bond acceptors (Lipinski definition) is 2. The fraction of sp³-hybridized carbons (Fsp3) is 0.421. The zero-order valence-corrected chi connectivity index (χ0v) is 14.0. The Morgan fingerprint density at radius 1 is 0.913 bits per heavy atom. The first-order valence-electron chi connectivity index (χ1n) is 8.35. The minimum Gasteiger partial charge on any atom is -0.368 e. The number of aromatic nitrogens is 1. The predicted molar refractivity (Wildman–Crippen MR) is 93.8 cm³/mol. The van der Waals surface area contributed by atoms with Crippen molar-refractivity contribution in [3.8, 4) is 0 Å². The highest BCUT2D eigenvalue weighted by molar-refractivity contribution is 5.76. The van der Waals surface area contributed by atoms with Gasteiger partial charge in [-0.15, -0.1) is 0 Å². The predicted octanol–water partition coefficient (Wildman–Crippen LogP) is 2.84. The van der Waals surface area contributed by atoms with Crippen LogP contribution in [0.2, 0.25) is 0 Å². The molecule has 1 fully saturated rings. The van der Waals surface area contributed by atoms with Crippen LogP contribution in [0.3, 0.4) is 0 Å². The van der Waals surface area contributed by atoms with Crippen LogP contribution in [0.25, 0.3) is 0 Å². The van der Waals surface area contributed by atoms with Crippen LogP contribution in [0.5, 0.6) is 0 Å². The van der Waals surface area contributed by atoms with Gasteiger partial charge in [0.15, 0.2) is 0 Å². The van der Waals surface area contributed by atoms with Crippen molar-refractivity contribution in [3.05, 3.63) is 53.9 Å². The second-order valence-corrected chi connectivity index (χ2v) is 6.22. The number of nitrogens with zero attached hydrogens (tertiary/aromatic N) is 3. The highest BCUT2D eigenvalue weighted by Gasteiger charge is 2.21. The van der Waals surface area contributed by atoms with E-state index >= 15 is 0 Å². The first-order valence-corrected chi connectivity index (χ1v) is 8.35. The second-order valence-electron chi connectivity index (χ2n) is 6.22. The van der Waals surface area contributed by atoms with E-state index in [1.807, 2.05) is 11.0 Å². The van der Waals surface area contributed by atoms with E-state index in [4.69, 9.17) is 0 Å². The van der Waals surface area contributed by atoms with E-state index in [-0.39, 0.29) is 5.91 Å². The summed E-state index contributed by atoms with van der Waals surface area (Å²) >= 11 is 0. The Balaban J connectivity index is 1.50. The quantitative estimate of drug-likeness (QED) is 0.868. The van der Waals surface area contributed by atoms with E-state index in [1.54, 1.807) is 0 Å². The van der Waals surface area contributed by atoms with E-state index in [0.717, 1.165) is 32.7 Å². The van der Waals surface area contributed by atoms with Crippen molar-refractivity contribution in [3.63, 3.8) is 0 Å². The average Bonchev–Trinajstić information content (AvgIpc) is 2.92. The number of anilines is 1. The number of carbonyl (C=O) groups excluding carboxylic acids is 1. The van der Waals surface area contributed by atoms with Gasteiger partial charge in [0.05, 0.1) is 0 Å². The summed E-state index contributed by atoms with van der Waals surface area (Å²) in [6, 6.07) is 14.7. The minimum absolute atomic E-state index is 0.269. The summed E-state index contributed by atoms with van der Waals surface area (Å²) in [6.07, 6.45) is 0.585. The lowest BCUT2D eigenvalue weighted by Gasteiger charge is -2.36. The molecule has 1 amide bonds. The van der Waals surface area contributed by atoms with Crippen molar-refractivity contribution in [2.75, 3.05) is 31.1 Å². The van der Waals surface area contributed by atoms with Crippen molar-refractivity contribution in [1.82, 2.24) is 9.47 Å². The van der Waals surface area contributed by atoms with Crippen molar-refractivity contribution >= 4 is 11.6 Å². The summed E-state index contributed by atoms with van der Waals surface area (Å²) in [5, 5.41) is 0. The normalized spacial score (nSPS) is 15.0. The monoisotopic (exact) mass is 311 g/mol. The molecule has 122 valence electrons. The Labute approximate surface area is 138 Å². The fourth-order valence-electron chi connectivity index (χ4n) is 3.27. The molecule has 0 saturated carbocycles. The lowest BCUT2D eigenvalue weighted by atomic mass is 10.2. The number of benzene rings is 1. The molecule has 0 spiro atoms. The topological polar surface area (TPSA) is 28.5 Å². The molecule has 1 aliphatic heterocycles. The molecule has 2 heterocycles. The number of aryl methyl sites for hydroxylation is 2. The van der Waals surface area contributed by atoms with Gasteiger partial charge in [0.25, 0.3) is 0 Å². The zero-order valence-electron chi connectivity index (χ0n) is 14.0. The molecule has 0 atom stereocenters. The number of carbonyl (C=O) groups is 1. The van der Waals surface area contributed by atoms with E-state index < -0.39 is 0 Å². The summed E-state index contributed by atoms with van der Waals surface area (Å²) in [4.78, 5) is 16.8. The summed E-state index contributed by atoms with van der Waals surface area (Å²) in [5.41, 5.74) is 3.70. The molecule has 0 unspecified atom stereocenters. The maximum atomic E-state index is 12.5. The molecule has 1 aromatic carbocycles. The molecular weight excluding hydrogens is 286 g/mol. The molecule has 2 aromatic rings. The van der Waals surface area contributed by atoms with Crippen LogP contribution in [0.15, 0.2) is 42.5 Å². The molecule has 23 heavy (non-hydrogen) atoms. The van der Waals surface area contributed by atoms with E-state index in [2.05, 4.69) is 59.7 Å². The zero-order chi connectivity index (χ0) is 16.2. The van der Waals surface area contributed by atoms with Crippen molar-refractivity contribution in [2.45, 2.75) is 26.8 Å². The van der Waals surface area contributed by atoms with Crippen molar-refractivity contribution in [1.29, 1.82) is 0 Å². The van der Waals surface area contributed by atoms with Crippen molar-refractivity contribution < 1.29 is 4.79 Å². The first-order chi connectivity index (χ1) is 11.1. The largest absolute Gasteiger partial charge is 0.368 e. The van der Waals surface area contributed by atoms with Crippen LogP contribution in [0.1, 0.15) is 17.8 Å². The van der Waals surface area contributed by atoms with Gasteiger partial charge in [-0.25, -0.2) is 0 Å². The average molecular weight is 311 g/mol. The third-order valence-corrected chi connectivity index (χ3v) is 4.72. The molecule has 1 aliphatic rings. The number of rotatable bonds is 4. The molecule has 0 aliphatic carbocycles. The van der Waals surface area contributed by atoms with Crippen LogP contribution >= 0.6 is 0 Å². The van der Waals surface area contributed by atoms with E-state index in [1.165, 1.54) is 17.1 Å². The standard InChI is InChI=1S/C19H25N3O/c1-16-8-9-17(2)22(16)11-10-19(23)21-14-12-20(13-15-21)18-6-4-3-5-7-18/h3-9H,10-15H2,1-2H3. The Morgan fingerprint density at radius 3 is 2.13 bits per heavy atom. The highest BCUT2D eigenvalue weighted by atomic mass is 16.2. The SMILES string of the molecule is Cc1ccc(C)n1CCC(=O)N1CCN(c2ccccc2)CC1. The van der Waals surface area contributed by atoms with Gasteiger partial charge in [0.1, 0.15) is 0 Å². The van der Waals surface area contributed by atoms with Gasteiger partial charge in [-0.3, -0.25) is 4.79 Å². The summed E-state index contributed by atoms with van der Waals surface area (Å²) in [5.74, 6) is 0.269. The summed E-state index contributed by atoms with van der Waals surface area (Å²) in [7, 11) is 0. The molecule has 1 aromatic heterocycles. The van der Waals surface area contributed by atoms with Gasteiger partial charge in [0.2, 0.25) is 5.91 Å². The molecular formula is C19H25N3O. The van der Waals surface area contributed by atoms with Gasteiger partial charge in [-0.05, 0) is 38.1 Å². The Bertz CT molecular complexity index is 635. The maximum Gasteiger partial charge on any atom is 0.224 e. The molecule has 4 nitrogen and oxygen atoms in total.